The van der Waals surface area contributed by atoms with E-state index in [1.165, 1.54) is 0 Å². The normalized spacial score (nSPS) is 17.3. The van der Waals surface area contributed by atoms with Gasteiger partial charge in [0.1, 0.15) is 0 Å². The van der Waals surface area contributed by atoms with Crippen molar-refractivity contribution in [2.24, 2.45) is 0 Å². The number of aliphatic hydroxyl groups is 1. The van der Waals surface area contributed by atoms with Crippen molar-refractivity contribution in [1.29, 1.82) is 0 Å². The largest absolute Gasteiger partial charge is 0.368 e. The van der Waals surface area contributed by atoms with Crippen molar-refractivity contribution >= 4 is 0 Å². The molecule has 0 spiro atoms. The molecule has 0 radical (unpaired) electrons. The van der Waals surface area contributed by atoms with Gasteiger partial charge >= 0.3 is 0 Å². The van der Waals surface area contributed by atoms with E-state index in [-0.39, 0.29) is 6.10 Å². The van der Waals surface area contributed by atoms with Gasteiger partial charge in [0.25, 0.3) is 0 Å². The van der Waals surface area contributed by atoms with Crippen LogP contribution in [0.2, 0.25) is 0 Å². The second-order valence-electron chi connectivity index (χ2n) is 2.22. The summed E-state index contributed by atoms with van der Waals surface area (Å²) < 4.78 is 5.10. The summed E-state index contributed by atoms with van der Waals surface area (Å²) in [5.74, 6) is 0. The highest BCUT2D eigenvalue weighted by Gasteiger charge is 2.04. The minimum Gasteiger partial charge on any atom is -0.368 e. The van der Waals surface area contributed by atoms with Crippen LogP contribution in [-0.2, 0) is 4.74 Å². The molecule has 2 atom stereocenters. The highest BCUT2D eigenvalue weighted by atomic mass is 16.6. The van der Waals surface area contributed by atoms with Gasteiger partial charge in [-0.15, -0.1) is 0 Å². The van der Waals surface area contributed by atoms with Crippen molar-refractivity contribution in [1.82, 2.24) is 0 Å². The van der Waals surface area contributed by atoms with Gasteiger partial charge in [0.15, 0.2) is 6.29 Å². The fraction of sp³-hybridized carbons (Fsp3) is 1.00. The number of hydrogen-bond acceptors (Lipinski definition) is 2. The Morgan fingerprint density at radius 3 is 2.22 bits per heavy atom. The molecule has 0 saturated carbocycles. The van der Waals surface area contributed by atoms with Crippen LogP contribution in [-0.4, -0.2) is 17.5 Å². The topological polar surface area (TPSA) is 29.5 Å². The maximum absolute atomic E-state index is 8.94. The van der Waals surface area contributed by atoms with Crippen molar-refractivity contribution in [3.05, 3.63) is 0 Å². The summed E-state index contributed by atoms with van der Waals surface area (Å²) in [7, 11) is 0. The lowest BCUT2D eigenvalue weighted by atomic mass is 10.3. The minimum absolute atomic E-state index is 0.181. The van der Waals surface area contributed by atoms with Crippen LogP contribution in [0.25, 0.3) is 0 Å². The van der Waals surface area contributed by atoms with Crippen LogP contribution in [0.5, 0.6) is 0 Å². The summed E-state index contributed by atoms with van der Waals surface area (Å²) >= 11 is 0. The van der Waals surface area contributed by atoms with Crippen LogP contribution in [0.15, 0.2) is 0 Å². The van der Waals surface area contributed by atoms with Crippen LogP contribution >= 0.6 is 0 Å². The first kappa shape index (κ1) is 8.92. The van der Waals surface area contributed by atoms with Gasteiger partial charge in [-0.25, -0.2) is 0 Å². The molecule has 2 nitrogen and oxygen atoms in total. The molecule has 9 heavy (non-hydrogen) atoms. The van der Waals surface area contributed by atoms with Crippen LogP contribution in [0.4, 0.5) is 0 Å². The third-order valence-corrected chi connectivity index (χ3v) is 1.31. The Bertz CT molecular complexity index is 55.9. The Morgan fingerprint density at radius 2 is 1.89 bits per heavy atom. The molecule has 0 amide bonds. The maximum Gasteiger partial charge on any atom is 0.154 e. The molecule has 0 rings (SSSR count). The molecule has 0 heterocycles. The van der Waals surface area contributed by atoms with Gasteiger partial charge in [0.2, 0.25) is 0 Å². The molecule has 56 valence electrons. The fourth-order valence-corrected chi connectivity index (χ4v) is 0.461. The summed E-state index contributed by atoms with van der Waals surface area (Å²) in [5, 5.41) is 8.94. The molecule has 0 fully saturated rings. The molecule has 0 aliphatic heterocycles. The Kier molecular flexibility index (Phi) is 4.72. The highest BCUT2D eigenvalue weighted by molar-refractivity contribution is 4.45. The average Bonchev–Trinajstić information content (AvgIpc) is 1.87. The molecule has 0 aliphatic carbocycles. The predicted molar refractivity (Wildman–Crippen MR) is 37.1 cm³/mol. The fourth-order valence-electron chi connectivity index (χ4n) is 0.461. The zero-order valence-corrected chi connectivity index (χ0v) is 6.42. The lowest BCUT2D eigenvalue weighted by Crippen LogP contribution is -2.17. The monoisotopic (exact) mass is 132 g/mol. The van der Waals surface area contributed by atoms with E-state index in [2.05, 4.69) is 0 Å². The number of aliphatic hydroxyl groups excluding tert-OH is 1. The van der Waals surface area contributed by atoms with Crippen LogP contribution < -0.4 is 0 Å². The molecular formula is C7H16O2. The molecule has 0 aromatic carbocycles. The summed E-state index contributed by atoms with van der Waals surface area (Å²) in [5.41, 5.74) is 0. The van der Waals surface area contributed by atoms with Gasteiger partial charge in [-0.2, -0.15) is 0 Å². The van der Waals surface area contributed by atoms with Crippen LogP contribution in [0.1, 0.15) is 33.6 Å². The first-order valence-corrected chi connectivity index (χ1v) is 3.54. The lowest BCUT2D eigenvalue weighted by Gasteiger charge is -2.14. The van der Waals surface area contributed by atoms with Crippen molar-refractivity contribution in [3.8, 4) is 0 Å². The second-order valence-corrected chi connectivity index (χ2v) is 2.22. The van der Waals surface area contributed by atoms with Crippen LogP contribution in [0, 0.1) is 0 Å². The Labute approximate surface area is 56.8 Å². The number of rotatable bonds is 4. The Morgan fingerprint density at radius 1 is 1.33 bits per heavy atom. The van der Waals surface area contributed by atoms with Gasteiger partial charge in [0, 0.05) is 0 Å². The zero-order valence-electron chi connectivity index (χ0n) is 6.42. The van der Waals surface area contributed by atoms with Gasteiger partial charge < -0.3 is 9.84 Å². The van der Waals surface area contributed by atoms with Crippen molar-refractivity contribution in [2.45, 2.75) is 46.0 Å². The van der Waals surface area contributed by atoms with Crippen molar-refractivity contribution in [2.75, 3.05) is 0 Å². The zero-order chi connectivity index (χ0) is 7.28. The third-order valence-electron chi connectivity index (χ3n) is 1.31. The standard InChI is InChI=1S/C7H16O2/c1-4-6(3)9-7(8)5-2/h6-8H,4-5H2,1-3H3. The van der Waals surface area contributed by atoms with E-state index in [0.29, 0.717) is 6.42 Å². The van der Waals surface area contributed by atoms with E-state index < -0.39 is 6.29 Å². The molecule has 0 aromatic heterocycles. The lowest BCUT2D eigenvalue weighted by molar-refractivity contribution is -0.131. The van der Waals surface area contributed by atoms with E-state index in [1.807, 2.05) is 20.8 Å². The van der Waals surface area contributed by atoms with Gasteiger partial charge in [-0.1, -0.05) is 13.8 Å². The second kappa shape index (κ2) is 4.77. The van der Waals surface area contributed by atoms with Crippen molar-refractivity contribution < 1.29 is 9.84 Å². The molecule has 0 aromatic rings. The predicted octanol–water partition coefficient (Wildman–Crippen LogP) is 1.53. The Balaban J connectivity index is 3.22. The summed E-state index contributed by atoms with van der Waals surface area (Å²) in [6.07, 6.45) is 1.24. The minimum atomic E-state index is -0.569. The molecule has 2 heteroatoms. The molecular weight excluding hydrogens is 116 g/mol. The maximum atomic E-state index is 8.94. The first-order chi connectivity index (χ1) is 4.20. The average molecular weight is 132 g/mol. The van der Waals surface area contributed by atoms with Crippen molar-refractivity contribution in [3.63, 3.8) is 0 Å². The number of ether oxygens (including phenoxy) is 1. The van der Waals surface area contributed by atoms with E-state index in [4.69, 9.17) is 9.84 Å². The summed E-state index contributed by atoms with van der Waals surface area (Å²) in [6.45, 7) is 5.89. The summed E-state index contributed by atoms with van der Waals surface area (Å²) in [4.78, 5) is 0. The molecule has 0 saturated heterocycles. The van der Waals surface area contributed by atoms with Gasteiger partial charge in [-0.3, -0.25) is 0 Å². The van der Waals surface area contributed by atoms with E-state index >= 15 is 0 Å². The van der Waals surface area contributed by atoms with Crippen LogP contribution in [0.3, 0.4) is 0 Å². The molecule has 0 bridgehead atoms. The molecule has 1 N–H and O–H groups in total. The van der Waals surface area contributed by atoms with Gasteiger partial charge in [-0.05, 0) is 19.8 Å². The Hall–Kier alpha value is -0.0800. The highest BCUT2D eigenvalue weighted by Crippen LogP contribution is 2.01. The molecule has 0 aliphatic rings. The SMILES string of the molecule is CCC(C)OC(O)CC. The smallest absolute Gasteiger partial charge is 0.154 e. The van der Waals surface area contributed by atoms with E-state index in [1.54, 1.807) is 0 Å². The first-order valence-electron chi connectivity index (χ1n) is 3.54. The number of hydrogen-bond donors (Lipinski definition) is 1. The third kappa shape index (κ3) is 4.43. The summed E-state index contributed by atoms with van der Waals surface area (Å²) in [6, 6.07) is 0. The van der Waals surface area contributed by atoms with Gasteiger partial charge in [0.05, 0.1) is 6.10 Å². The quantitative estimate of drug-likeness (QED) is 0.588. The molecule has 2 unspecified atom stereocenters. The van der Waals surface area contributed by atoms with E-state index in [9.17, 15) is 0 Å². The van der Waals surface area contributed by atoms with E-state index in [0.717, 1.165) is 6.42 Å².